The molecule has 2 N–H and O–H groups in total. The maximum absolute atomic E-state index is 13.5. The zero-order chi connectivity index (χ0) is 30.4. The van der Waals surface area contributed by atoms with Crippen molar-refractivity contribution in [2.45, 2.75) is 50.1 Å². The highest BCUT2D eigenvalue weighted by atomic mass is 32.2. The molecule has 1 saturated carbocycles. The molecule has 0 spiro atoms. The molecule has 1 heterocycles. The number of aromatic nitrogens is 2. The Hall–Kier alpha value is -4.12. The number of halogens is 3. The van der Waals surface area contributed by atoms with E-state index in [1.165, 1.54) is 18.2 Å². The Bertz CT molecular complexity index is 1650. The number of fused-ring (bicyclic) bond motifs is 1. The lowest BCUT2D eigenvalue weighted by molar-refractivity contribution is -0.137. The smallest absolute Gasteiger partial charge is 0.352 e. The number of para-hydroxylation sites is 2. The van der Waals surface area contributed by atoms with Gasteiger partial charge in [-0.2, -0.15) is 13.2 Å². The molecule has 0 radical (unpaired) electrons. The van der Waals surface area contributed by atoms with E-state index < -0.39 is 17.6 Å². The molecule has 1 fully saturated rings. The Morgan fingerprint density at radius 2 is 1.58 bits per heavy atom. The standard InChI is InChI=1S/C32H31F3N4O3S/c33-32(34,35)25-11-5-7-13-27(25)37-28(40)20-43-31-38-26-12-6-4-10-24(26)30(42)39(31)19-22-14-16-23(17-15-22)29(41)36-18-21-8-2-1-3-9-21/h1-13,22-23H,14-20H2,(H,36,41)(H,37,40). The topological polar surface area (TPSA) is 93.1 Å². The summed E-state index contributed by atoms with van der Waals surface area (Å²) in [6, 6.07) is 21.4. The second-order valence-electron chi connectivity index (χ2n) is 10.6. The van der Waals surface area contributed by atoms with Crippen molar-refractivity contribution in [1.29, 1.82) is 0 Å². The Morgan fingerprint density at radius 1 is 0.907 bits per heavy atom. The monoisotopic (exact) mass is 608 g/mol. The van der Waals surface area contributed by atoms with Crippen molar-refractivity contribution >= 4 is 40.2 Å². The molecule has 1 aromatic heterocycles. The van der Waals surface area contributed by atoms with Crippen LogP contribution in [0.3, 0.4) is 0 Å². The molecule has 7 nitrogen and oxygen atoms in total. The lowest BCUT2D eigenvalue weighted by atomic mass is 9.81. The molecule has 1 aliphatic rings. The number of benzene rings is 3. The molecule has 0 unspecified atom stereocenters. The van der Waals surface area contributed by atoms with Gasteiger partial charge in [-0.3, -0.25) is 19.0 Å². The minimum atomic E-state index is -4.61. The third kappa shape index (κ3) is 7.64. The van der Waals surface area contributed by atoms with Gasteiger partial charge in [0.25, 0.3) is 5.56 Å². The summed E-state index contributed by atoms with van der Waals surface area (Å²) in [4.78, 5) is 43.6. The van der Waals surface area contributed by atoms with Crippen LogP contribution in [-0.2, 0) is 28.9 Å². The van der Waals surface area contributed by atoms with E-state index in [2.05, 4.69) is 15.6 Å². The maximum atomic E-state index is 13.5. The first-order valence-corrected chi connectivity index (χ1v) is 15.1. The largest absolute Gasteiger partial charge is 0.418 e. The van der Waals surface area contributed by atoms with Gasteiger partial charge in [0.05, 0.1) is 27.9 Å². The van der Waals surface area contributed by atoms with E-state index in [-0.39, 0.29) is 34.7 Å². The molecule has 0 atom stereocenters. The van der Waals surface area contributed by atoms with Crippen LogP contribution in [-0.4, -0.2) is 27.1 Å². The highest BCUT2D eigenvalue weighted by Gasteiger charge is 2.33. The average Bonchev–Trinajstić information content (AvgIpc) is 3.01. The first-order valence-electron chi connectivity index (χ1n) is 14.1. The van der Waals surface area contributed by atoms with Gasteiger partial charge < -0.3 is 10.6 Å². The van der Waals surface area contributed by atoms with Crippen molar-refractivity contribution in [3.63, 3.8) is 0 Å². The number of carbonyl (C=O) groups is 2. The Kier molecular flexibility index (Phi) is 9.49. The molecule has 43 heavy (non-hydrogen) atoms. The highest BCUT2D eigenvalue weighted by Crippen LogP contribution is 2.35. The number of nitrogens with zero attached hydrogens (tertiary/aromatic N) is 2. The summed E-state index contributed by atoms with van der Waals surface area (Å²) in [5.74, 6) is -0.807. The van der Waals surface area contributed by atoms with Gasteiger partial charge in [-0.1, -0.05) is 66.4 Å². The number of amides is 2. The van der Waals surface area contributed by atoms with Crippen LogP contribution in [0.2, 0.25) is 0 Å². The SMILES string of the molecule is O=C(CSc1nc2ccccc2c(=O)n1CC1CCC(C(=O)NCc2ccccc2)CC1)Nc1ccccc1C(F)(F)F. The fourth-order valence-corrected chi connectivity index (χ4v) is 6.18. The predicted molar refractivity (Wildman–Crippen MR) is 161 cm³/mol. The summed E-state index contributed by atoms with van der Waals surface area (Å²) in [5.41, 5.74) is 0.0231. The van der Waals surface area contributed by atoms with Gasteiger partial charge >= 0.3 is 6.18 Å². The Morgan fingerprint density at radius 3 is 2.33 bits per heavy atom. The van der Waals surface area contributed by atoms with Crippen LogP contribution >= 0.6 is 11.8 Å². The molecular weight excluding hydrogens is 577 g/mol. The molecule has 11 heteroatoms. The minimum absolute atomic E-state index is 0.0289. The molecule has 1 aliphatic carbocycles. The maximum Gasteiger partial charge on any atom is 0.418 e. The number of hydrogen-bond acceptors (Lipinski definition) is 5. The number of anilines is 1. The third-order valence-corrected chi connectivity index (χ3v) is 8.61. The Balaban J connectivity index is 1.25. The van der Waals surface area contributed by atoms with Gasteiger partial charge in [-0.05, 0) is 61.4 Å². The van der Waals surface area contributed by atoms with Crippen LogP contribution in [0.1, 0.15) is 36.8 Å². The molecule has 3 aromatic carbocycles. The molecule has 0 aliphatic heterocycles. The van der Waals surface area contributed by atoms with Gasteiger partial charge in [-0.15, -0.1) is 0 Å². The number of carbonyl (C=O) groups excluding carboxylic acids is 2. The minimum Gasteiger partial charge on any atom is -0.352 e. The average molecular weight is 609 g/mol. The summed E-state index contributed by atoms with van der Waals surface area (Å²) in [5, 5.41) is 6.14. The molecular formula is C32H31F3N4O3S. The van der Waals surface area contributed by atoms with E-state index in [9.17, 15) is 27.6 Å². The summed E-state index contributed by atoms with van der Waals surface area (Å²) < 4.78 is 41.7. The zero-order valence-electron chi connectivity index (χ0n) is 23.3. The van der Waals surface area contributed by atoms with Gasteiger partial charge in [0.1, 0.15) is 0 Å². The van der Waals surface area contributed by atoms with Crippen LogP contribution in [0.25, 0.3) is 10.9 Å². The number of rotatable bonds is 9. The van der Waals surface area contributed by atoms with Gasteiger partial charge in [0.2, 0.25) is 11.8 Å². The van der Waals surface area contributed by atoms with E-state index in [4.69, 9.17) is 0 Å². The van der Waals surface area contributed by atoms with Crippen LogP contribution in [0.5, 0.6) is 0 Å². The second kappa shape index (κ2) is 13.5. The fraction of sp³-hybridized carbons (Fsp3) is 0.312. The van der Waals surface area contributed by atoms with Gasteiger partial charge in [0, 0.05) is 19.0 Å². The Labute approximate surface area is 250 Å². The number of thioether (sulfide) groups is 1. The van der Waals surface area contributed by atoms with Crippen LogP contribution in [0.4, 0.5) is 18.9 Å². The van der Waals surface area contributed by atoms with Crippen molar-refractivity contribution in [1.82, 2.24) is 14.9 Å². The normalized spacial score (nSPS) is 17.0. The number of nitrogens with one attached hydrogen (secondary N) is 2. The first-order chi connectivity index (χ1) is 20.7. The van der Waals surface area contributed by atoms with E-state index in [0.29, 0.717) is 42.0 Å². The molecule has 5 rings (SSSR count). The summed E-state index contributed by atoms with van der Waals surface area (Å²) in [6.45, 7) is 0.851. The van der Waals surface area contributed by atoms with E-state index in [0.717, 1.165) is 36.2 Å². The van der Waals surface area contributed by atoms with Crippen molar-refractivity contribution in [2.24, 2.45) is 11.8 Å². The zero-order valence-corrected chi connectivity index (χ0v) is 24.1. The molecule has 4 aromatic rings. The van der Waals surface area contributed by atoms with E-state index in [1.807, 2.05) is 30.3 Å². The first kappa shape index (κ1) is 30.3. The van der Waals surface area contributed by atoms with Crippen LogP contribution < -0.4 is 16.2 Å². The lowest BCUT2D eigenvalue weighted by Crippen LogP contribution is -2.34. The van der Waals surface area contributed by atoms with Crippen molar-refractivity contribution in [2.75, 3.05) is 11.1 Å². The van der Waals surface area contributed by atoms with Crippen LogP contribution in [0, 0.1) is 11.8 Å². The van der Waals surface area contributed by atoms with Crippen molar-refractivity contribution in [3.8, 4) is 0 Å². The van der Waals surface area contributed by atoms with Crippen molar-refractivity contribution < 1.29 is 22.8 Å². The van der Waals surface area contributed by atoms with Crippen molar-refractivity contribution in [3.05, 3.63) is 100 Å². The highest BCUT2D eigenvalue weighted by molar-refractivity contribution is 7.99. The number of hydrogen-bond donors (Lipinski definition) is 2. The van der Waals surface area contributed by atoms with Gasteiger partial charge in [-0.25, -0.2) is 4.98 Å². The van der Waals surface area contributed by atoms with Gasteiger partial charge in [0.15, 0.2) is 5.16 Å². The summed E-state index contributed by atoms with van der Waals surface area (Å²) in [6.07, 6.45) is -1.71. The lowest BCUT2D eigenvalue weighted by Gasteiger charge is -2.28. The number of alkyl halides is 3. The fourth-order valence-electron chi connectivity index (χ4n) is 5.37. The quantitative estimate of drug-likeness (QED) is 0.173. The predicted octanol–water partition coefficient (Wildman–Crippen LogP) is 6.27. The molecule has 0 saturated heterocycles. The molecule has 0 bridgehead atoms. The molecule has 2 amide bonds. The summed E-state index contributed by atoms with van der Waals surface area (Å²) in [7, 11) is 0. The van der Waals surface area contributed by atoms with E-state index in [1.54, 1.807) is 28.8 Å². The van der Waals surface area contributed by atoms with E-state index >= 15 is 0 Å². The molecule has 224 valence electrons. The third-order valence-electron chi connectivity index (χ3n) is 7.63. The summed E-state index contributed by atoms with van der Waals surface area (Å²) >= 11 is 1.01. The second-order valence-corrected chi connectivity index (χ2v) is 11.6. The van der Waals surface area contributed by atoms with Crippen LogP contribution in [0.15, 0.2) is 88.8 Å².